The zero-order valence-electron chi connectivity index (χ0n) is 15.3. The van der Waals surface area contributed by atoms with Crippen molar-refractivity contribution in [2.24, 2.45) is 0 Å². The third kappa shape index (κ3) is 3.54. The fraction of sp³-hybridized carbons (Fsp3) is 0.222. The van der Waals surface area contributed by atoms with Gasteiger partial charge in [0.15, 0.2) is 11.5 Å². The van der Waals surface area contributed by atoms with Crippen molar-refractivity contribution in [3.05, 3.63) is 35.0 Å². The van der Waals surface area contributed by atoms with Crippen LogP contribution in [0.25, 0.3) is 10.2 Å². The third-order valence-electron chi connectivity index (χ3n) is 3.87. The SMILES string of the molecule is CCOC(=O)c1csc2ncnc(Nc3cc(OC)c(OC)cc3C(=O)O)c12. The maximum Gasteiger partial charge on any atom is 0.339 e. The predicted octanol–water partition coefficient (Wildman–Crippen LogP) is 3.33. The number of esters is 1. The van der Waals surface area contributed by atoms with Gasteiger partial charge < -0.3 is 24.6 Å². The third-order valence-corrected chi connectivity index (χ3v) is 4.76. The fourth-order valence-electron chi connectivity index (χ4n) is 2.62. The second-order valence-corrected chi connectivity index (χ2v) is 6.31. The quantitative estimate of drug-likeness (QED) is 0.572. The maximum atomic E-state index is 12.3. The highest BCUT2D eigenvalue weighted by molar-refractivity contribution is 7.17. The first-order valence-electron chi connectivity index (χ1n) is 8.15. The molecule has 3 rings (SSSR count). The molecule has 3 aromatic rings. The Morgan fingerprint density at radius 2 is 1.86 bits per heavy atom. The lowest BCUT2D eigenvalue weighted by Crippen LogP contribution is -2.07. The van der Waals surface area contributed by atoms with E-state index in [2.05, 4.69) is 15.3 Å². The Balaban J connectivity index is 2.14. The van der Waals surface area contributed by atoms with Gasteiger partial charge in [0.2, 0.25) is 0 Å². The predicted molar refractivity (Wildman–Crippen MR) is 103 cm³/mol. The normalized spacial score (nSPS) is 10.5. The Kier molecular flexibility index (Phi) is 5.59. The Labute approximate surface area is 163 Å². The number of fused-ring (bicyclic) bond motifs is 1. The summed E-state index contributed by atoms with van der Waals surface area (Å²) < 4.78 is 15.5. The number of carbonyl (C=O) groups excluding carboxylic acids is 1. The molecule has 28 heavy (non-hydrogen) atoms. The number of anilines is 2. The van der Waals surface area contributed by atoms with Crippen molar-refractivity contribution in [2.75, 3.05) is 26.1 Å². The summed E-state index contributed by atoms with van der Waals surface area (Å²) in [6, 6.07) is 2.84. The summed E-state index contributed by atoms with van der Waals surface area (Å²) in [7, 11) is 2.87. The molecule has 2 N–H and O–H groups in total. The van der Waals surface area contributed by atoms with Gasteiger partial charge in [0.25, 0.3) is 0 Å². The van der Waals surface area contributed by atoms with Crippen LogP contribution in [0, 0.1) is 0 Å². The number of thiophene rings is 1. The Morgan fingerprint density at radius 1 is 1.14 bits per heavy atom. The molecule has 0 spiro atoms. The van der Waals surface area contributed by atoms with Crippen molar-refractivity contribution in [3.8, 4) is 11.5 Å². The molecule has 0 aliphatic heterocycles. The van der Waals surface area contributed by atoms with Gasteiger partial charge in [0.05, 0.1) is 43.0 Å². The van der Waals surface area contributed by atoms with E-state index < -0.39 is 11.9 Å². The lowest BCUT2D eigenvalue weighted by molar-refractivity contribution is 0.0528. The first kappa shape index (κ1) is 19.4. The molecule has 0 amide bonds. The Morgan fingerprint density at radius 3 is 2.50 bits per heavy atom. The molecule has 0 aliphatic carbocycles. The number of aromatic nitrogens is 2. The number of nitrogens with zero attached hydrogens (tertiary/aromatic N) is 2. The fourth-order valence-corrected chi connectivity index (χ4v) is 3.49. The van der Waals surface area contributed by atoms with E-state index in [1.165, 1.54) is 44.0 Å². The number of carboxylic acid groups (broad SMARTS) is 1. The summed E-state index contributed by atoms with van der Waals surface area (Å²) in [5.74, 6) is -0.761. The highest BCUT2D eigenvalue weighted by atomic mass is 32.1. The van der Waals surface area contributed by atoms with Crippen LogP contribution < -0.4 is 14.8 Å². The van der Waals surface area contributed by atoms with Crippen molar-refractivity contribution in [2.45, 2.75) is 6.92 Å². The number of aromatic carboxylic acids is 1. The second-order valence-electron chi connectivity index (χ2n) is 5.46. The van der Waals surface area contributed by atoms with Crippen LogP contribution in [0.1, 0.15) is 27.6 Å². The standard InChI is InChI=1S/C18H17N3O6S/c1-4-27-18(24)10-7-28-16-14(10)15(19-8-20-16)21-11-6-13(26-3)12(25-2)5-9(11)17(22)23/h5-8H,4H2,1-3H3,(H,22,23)(H,19,20,21). The summed E-state index contributed by atoms with van der Waals surface area (Å²) in [4.78, 5) is 32.9. The van der Waals surface area contributed by atoms with E-state index in [1.807, 2.05) is 0 Å². The molecule has 2 aromatic heterocycles. The minimum Gasteiger partial charge on any atom is -0.493 e. The largest absolute Gasteiger partial charge is 0.493 e. The molecule has 0 unspecified atom stereocenters. The minimum atomic E-state index is -1.16. The van der Waals surface area contributed by atoms with E-state index in [0.717, 1.165) is 0 Å². The number of ether oxygens (including phenoxy) is 3. The number of benzene rings is 1. The van der Waals surface area contributed by atoms with Crippen LogP contribution in [0.5, 0.6) is 11.5 Å². The molecular formula is C18H17N3O6S. The molecule has 2 heterocycles. The van der Waals surface area contributed by atoms with Crippen molar-refractivity contribution in [3.63, 3.8) is 0 Å². The number of carbonyl (C=O) groups is 2. The van der Waals surface area contributed by atoms with Crippen LogP contribution >= 0.6 is 11.3 Å². The summed E-state index contributed by atoms with van der Waals surface area (Å²) in [5, 5.41) is 14.6. The average Bonchev–Trinajstić information content (AvgIpc) is 3.13. The first-order valence-corrected chi connectivity index (χ1v) is 9.03. The highest BCUT2D eigenvalue weighted by Gasteiger charge is 2.21. The Hall–Kier alpha value is -3.40. The summed E-state index contributed by atoms with van der Waals surface area (Å²) >= 11 is 1.26. The zero-order chi connectivity index (χ0) is 20.3. The summed E-state index contributed by atoms with van der Waals surface area (Å²) in [6.07, 6.45) is 1.33. The van der Waals surface area contributed by atoms with Crippen LogP contribution in [-0.2, 0) is 4.74 Å². The smallest absolute Gasteiger partial charge is 0.339 e. The topological polar surface area (TPSA) is 120 Å². The molecule has 0 atom stereocenters. The van der Waals surface area contributed by atoms with Crippen LogP contribution in [-0.4, -0.2) is 47.8 Å². The summed E-state index contributed by atoms with van der Waals surface area (Å²) in [5.41, 5.74) is 0.491. The number of nitrogens with one attached hydrogen (secondary N) is 1. The Bertz CT molecular complexity index is 1050. The van der Waals surface area contributed by atoms with Gasteiger partial charge in [-0.05, 0) is 6.92 Å². The van der Waals surface area contributed by atoms with E-state index in [4.69, 9.17) is 14.2 Å². The lowest BCUT2D eigenvalue weighted by atomic mass is 10.1. The van der Waals surface area contributed by atoms with Crippen LogP contribution in [0.2, 0.25) is 0 Å². The van der Waals surface area contributed by atoms with E-state index in [-0.39, 0.29) is 29.4 Å². The molecule has 0 fully saturated rings. The number of methoxy groups -OCH3 is 2. The molecule has 1 aromatic carbocycles. The molecule has 0 saturated carbocycles. The molecule has 0 saturated heterocycles. The number of carboxylic acids is 1. The summed E-state index contributed by atoms with van der Waals surface area (Å²) in [6.45, 7) is 1.94. The number of rotatable bonds is 7. The van der Waals surface area contributed by atoms with Gasteiger partial charge in [-0.25, -0.2) is 19.6 Å². The monoisotopic (exact) mass is 403 g/mol. The van der Waals surface area contributed by atoms with Gasteiger partial charge in [0.1, 0.15) is 17.0 Å². The molecule has 0 radical (unpaired) electrons. The minimum absolute atomic E-state index is 0.0441. The molecule has 9 nitrogen and oxygen atoms in total. The van der Waals surface area contributed by atoms with E-state index in [0.29, 0.717) is 21.5 Å². The average molecular weight is 403 g/mol. The van der Waals surface area contributed by atoms with Crippen molar-refractivity contribution < 1.29 is 28.9 Å². The maximum absolute atomic E-state index is 12.3. The van der Waals surface area contributed by atoms with Crippen LogP contribution in [0.15, 0.2) is 23.8 Å². The van der Waals surface area contributed by atoms with Gasteiger partial charge in [0, 0.05) is 17.5 Å². The number of hydrogen-bond acceptors (Lipinski definition) is 9. The van der Waals surface area contributed by atoms with Gasteiger partial charge in [-0.2, -0.15) is 0 Å². The molecule has 146 valence electrons. The zero-order valence-corrected chi connectivity index (χ0v) is 16.1. The first-order chi connectivity index (χ1) is 13.5. The number of hydrogen-bond donors (Lipinski definition) is 2. The van der Waals surface area contributed by atoms with Gasteiger partial charge in [-0.1, -0.05) is 0 Å². The van der Waals surface area contributed by atoms with Crippen LogP contribution in [0.3, 0.4) is 0 Å². The van der Waals surface area contributed by atoms with Gasteiger partial charge in [-0.3, -0.25) is 0 Å². The van der Waals surface area contributed by atoms with E-state index >= 15 is 0 Å². The second kappa shape index (κ2) is 8.09. The van der Waals surface area contributed by atoms with Crippen LogP contribution in [0.4, 0.5) is 11.5 Å². The van der Waals surface area contributed by atoms with E-state index in [9.17, 15) is 14.7 Å². The molecule has 0 bridgehead atoms. The van der Waals surface area contributed by atoms with Gasteiger partial charge >= 0.3 is 11.9 Å². The van der Waals surface area contributed by atoms with Crippen molar-refractivity contribution in [1.29, 1.82) is 0 Å². The molecule has 0 aliphatic rings. The van der Waals surface area contributed by atoms with E-state index in [1.54, 1.807) is 12.3 Å². The van der Waals surface area contributed by atoms with Crippen molar-refractivity contribution in [1.82, 2.24) is 9.97 Å². The van der Waals surface area contributed by atoms with Crippen molar-refractivity contribution >= 4 is 45.0 Å². The van der Waals surface area contributed by atoms with Gasteiger partial charge in [-0.15, -0.1) is 11.3 Å². The lowest BCUT2D eigenvalue weighted by Gasteiger charge is -2.14. The highest BCUT2D eigenvalue weighted by Crippen LogP contribution is 2.37. The molecule has 10 heteroatoms. The molecular weight excluding hydrogens is 386 g/mol.